The Morgan fingerprint density at radius 2 is 1.82 bits per heavy atom. The van der Waals surface area contributed by atoms with Gasteiger partial charge in [0.25, 0.3) is 0 Å². The summed E-state index contributed by atoms with van der Waals surface area (Å²) in [6, 6.07) is 22.1. The number of sulfonamides is 1. The number of carbonyl (C=O) groups excluding carboxylic acids is 1. The Labute approximate surface area is 228 Å². The molecule has 5 rings (SSSR count). The number of thiophene rings is 1. The molecule has 198 valence electrons. The lowest BCUT2D eigenvalue weighted by Gasteiger charge is -2.38. The van der Waals surface area contributed by atoms with E-state index in [9.17, 15) is 13.2 Å². The van der Waals surface area contributed by atoms with Crippen LogP contribution in [0.15, 0.2) is 83.1 Å². The summed E-state index contributed by atoms with van der Waals surface area (Å²) in [4.78, 5) is 17.3. The molecule has 2 heterocycles. The van der Waals surface area contributed by atoms with Crippen molar-refractivity contribution in [1.29, 1.82) is 0 Å². The number of carbonyl (C=O) groups is 1. The zero-order valence-electron chi connectivity index (χ0n) is 21.8. The minimum absolute atomic E-state index is 0.202. The molecule has 0 radical (unpaired) electrons. The highest BCUT2D eigenvalue weighted by Crippen LogP contribution is 2.38. The van der Waals surface area contributed by atoms with Crippen LogP contribution in [0.5, 0.6) is 5.75 Å². The standard InChI is InChI=1S/C30H32N2O4S2/c1-4-21(2)32(38(34,35)26-14-11-22-7-5-6-8-24(22)19-26)20-29(33)31-17-15-28-27(16-18-37-28)30(31)23-9-12-25(36-3)13-10-23/h5-14,16,18-19,21,30H,4,15,17,20H2,1-3H3. The number of methoxy groups -OCH3 is 1. The highest BCUT2D eigenvalue weighted by molar-refractivity contribution is 7.89. The summed E-state index contributed by atoms with van der Waals surface area (Å²) >= 11 is 1.70. The molecule has 6 nitrogen and oxygen atoms in total. The first-order chi connectivity index (χ1) is 18.3. The van der Waals surface area contributed by atoms with Crippen molar-refractivity contribution in [2.75, 3.05) is 20.2 Å². The predicted molar refractivity (Wildman–Crippen MR) is 152 cm³/mol. The monoisotopic (exact) mass is 548 g/mol. The lowest BCUT2D eigenvalue weighted by atomic mass is 9.93. The van der Waals surface area contributed by atoms with E-state index in [0.717, 1.165) is 34.1 Å². The van der Waals surface area contributed by atoms with E-state index in [1.54, 1.807) is 30.6 Å². The Morgan fingerprint density at radius 3 is 2.53 bits per heavy atom. The summed E-state index contributed by atoms with van der Waals surface area (Å²) in [7, 11) is -2.28. The van der Waals surface area contributed by atoms with E-state index in [1.807, 2.05) is 73.3 Å². The van der Waals surface area contributed by atoms with Gasteiger partial charge in [-0.3, -0.25) is 4.79 Å². The molecule has 0 saturated carbocycles. The topological polar surface area (TPSA) is 66.9 Å². The van der Waals surface area contributed by atoms with Crippen molar-refractivity contribution in [2.24, 2.45) is 0 Å². The van der Waals surface area contributed by atoms with Crippen LogP contribution in [-0.2, 0) is 21.2 Å². The summed E-state index contributed by atoms with van der Waals surface area (Å²) in [5.74, 6) is 0.546. The van der Waals surface area contributed by atoms with Crippen LogP contribution >= 0.6 is 11.3 Å². The van der Waals surface area contributed by atoms with E-state index in [2.05, 4.69) is 11.4 Å². The molecule has 1 aliphatic heterocycles. The van der Waals surface area contributed by atoms with Crippen LogP contribution in [0.3, 0.4) is 0 Å². The SMILES string of the molecule is CCC(C)N(CC(=O)N1CCc2sccc2C1c1ccc(OC)cc1)S(=O)(=O)c1ccc2ccccc2c1. The van der Waals surface area contributed by atoms with Gasteiger partial charge < -0.3 is 9.64 Å². The van der Waals surface area contributed by atoms with Gasteiger partial charge in [0.1, 0.15) is 5.75 Å². The average Bonchev–Trinajstić information content (AvgIpc) is 3.43. The van der Waals surface area contributed by atoms with E-state index >= 15 is 0 Å². The molecule has 1 aliphatic rings. The van der Waals surface area contributed by atoms with Gasteiger partial charge in [-0.25, -0.2) is 8.42 Å². The third-order valence-electron chi connectivity index (χ3n) is 7.42. The number of rotatable bonds is 8. The fraction of sp³-hybridized carbons (Fsp3) is 0.300. The molecule has 1 aromatic heterocycles. The minimum atomic E-state index is -3.91. The number of hydrogen-bond acceptors (Lipinski definition) is 5. The Bertz CT molecular complexity index is 1550. The fourth-order valence-electron chi connectivity index (χ4n) is 5.10. The smallest absolute Gasteiger partial charge is 0.243 e. The molecular weight excluding hydrogens is 516 g/mol. The van der Waals surface area contributed by atoms with Crippen LogP contribution in [0.2, 0.25) is 0 Å². The van der Waals surface area contributed by atoms with Crippen molar-refractivity contribution in [2.45, 2.75) is 43.7 Å². The van der Waals surface area contributed by atoms with Crippen molar-refractivity contribution >= 4 is 38.0 Å². The Kier molecular flexibility index (Phi) is 7.56. The maximum absolute atomic E-state index is 14.0. The Hall–Kier alpha value is -3.20. The van der Waals surface area contributed by atoms with E-state index in [4.69, 9.17) is 4.74 Å². The van der Waals surface area contributed by atoms with Gasteiger partial charge in [-0.2, -0.15) is 4.31 Å². The maximum atomic E-state index is 14.0. The molecule has 0 N–H and O–H groups in total. The normalized spacial score (nSPS) is 16.4. The van der Waals surface area contributed by atoms with Crippen LogP contribution in [0, 0.1) is 0 Å². The van der Waals surface area contributed by atoms with Crippen LogP contribution in [0.25, 0.3) is 10.8 Å². The summed E-state index contributed by atoms with van der Waals surface area (Å²) in [6.45, 7) is 4.13. The van der Waals surface area contributed by atoms with Crippen LogP contribution in [0.4, 0.5) is 0 Å². The van der Waals surface area contributed by atoms with Crippen molar-refractivity contribution in [3.05, 3.63) is 94.2 Å². The molecule has 4 aromatic rings. The highest BCUT2D eigenvalue weighted by Gasteiger charge is 2.37. The molecule has 0 fully saturated rings. The van der Waals surface area contributed by atoms with Crippen LogP contribution < -0.4 is 4.74 Å². The van der Waals surface area contributed by atoms with Gasteiger partial charge in [0, 0.05) is 17.5 Å². The quantitative estimate of drug-likeness (QED) is 0.276. The Balaban J connectivity index is 1.48. The van der Waals surface area contributed by atoms with Crippen molar-refractivity contribution in [1.82, 2.24) is 9.21 Å². The zero-order valence-corrected chi connectivity index (χ0v) is 23.5. The van der Waals surface area contributed by atoms with Gasteiger partial charge in [-0.1, -0.05) is 49.4 Å². The predicted octanol–water partition coefficient (Wildman–Crippen LogP) is 5.87. The lowest BCUT2D eigenvalue weighted by molar-refractivity contribution is -0.133. The number of benzene rings is 3. The highest BCUT2D eigenvalue weighted by atomic mass is 32.2. The van der Waals surface area contributed by atoms with Crippen molar-refractivity contribution < 1.29 is 17.9 Å². The van der Waals surface area contributed by atoms with Gasteiger partial charge in [0.15, 0.2) is 0 Å². The number of fused-ring (bicyclic) bond motifs is 2. The molecular formula is C30H32N2O4S2. The molecule has 1 amide bonds. The van der Waals surface area contributed by atoms with E-state index in [1.165, 1.54) is 9.18 Å². The molecule has 8 heteroatoms. The first-order valence-electron chi connectivity index (χ1n) is 12.8. The minimum Gasteiger partial charge on any atom is -0.497 e. The first-order valence-corrected chi connectivity index (χ1v) is 15.2. The summed E-state index contributed by atoms with van der Waals surface area (Å²) in [6.07, 6.45) is 1.35. The number of hydrogen-bond donors (Lipinski definition) is 0. The largest absolute Gasteiger partial charge is 0.497 e. The van der Waals surface area contributed by atoms with E-state index in [0.29, 0.717) is 13.0 Å². The zero-order chi connectivity index (χ0) is 26.9. The average molecular weight is 549 g/mol. The van der Waals surface area contributed by atoms with Gasteiger partial charge in [0.2, 0.25) is 15.9 Å². The number of ether oxygens (including phenoxy) is 1. The van der Waals surface area contributed by atoms with Gasteiger partial charge in [-0.15, -0.1) is 11.3 Å². The van der Waals surface area contributed by atoms with Crippen molar-refractivity contribution in [3.63, 3.8) is 0 Å². The first kappa shape index (κ1) is 26.4. The van der Waals surface area contributed by atoms with Crippen molar-refractivity contribution in [3.8, 4) is 5.75 Å². The van der Waals surface area contributed by atoms with Gasteiger partial charge in [0.05, 0.1) is 24.6 Å². The number of amides is 1. The van der Waals surface area contributed by atoms with E-state index in [-0.39, 0.29) is 29.4 Å². The van der Waals surface area contributed by atoms with Gasteiger partial charge in [-0.05, 0) is 77.4 Å². The molecule has 2 atom stereocenters. The summed E-state index contributed by atoms with van der Waals surface area (Å²) < 4.78 is 34.5. The molecule has 38 heavy (non-hydrogen) atoms. The van der Waals surface area contributed by atoms with Crippen LogP contribution in [0.1, 0.15) is 42.3 Å². The second kappa shape index (κ2) is 10.9. The molecule has 0 aliphatic carbocycles. The van der Waals surface area contributed by atoms with Crippen LogP contribution in [-0.4, -0.2) is 49.8 Å². The molecule has 0 spiro atoms. The second-order valence-electron chi connectivity index (χ2n) is 9.63. The maximum Gasteiger partial charge on any atom is 0.243 e. The molecule has 0 bridgehead atoms. The Morgan fingerprint density at radius 1 is 1.08 bits per heavy atom. The number of nitrogens with zero attached hydrogens (tertiary/aromatic N) is 2. The second-order valence-corrected chi connectivity index (χ2v) is 12.5. The molecule has 3 aromatic carbocycles. The lowest BCUT2D eigenvalue weighted by Crippen LogP contribution is -2.49. The summed E-state index contributed by atoms with van der Waals surface area (Å²) in [5, 5.41) is 3.88. The molecule has 2 unspecified atom stereocenters. The van der Waals surface area contributed by atoms with Gasteiger partial charge >= 0.3 is 0 Å². The van der Waals surface area contributed by atoms with E-state index < -0.39 is 10.0 Å². The fourth-order valence-corrected chi connectivity index (χ4v) is 7.69. The third-order valence-corrected chi connectivity index (χ3v) is 10.4. The molecule has 0 saturated heterocycles. The summed E-state index contributed by atoms with van der Waals surface area (Å²) in [5.41, 5.74) is 2.08. The third kappa shape index (κ3) is 4.96.